The lowest BCUT2D eigenvalue weighted by molar-refractivity contribution is -0.126. The third-order valence-corrected chi connectivity index (χ3v) is 6.75. The van der Waals surface area contributed by atoms with Gasteiger partial charge in [0, 0.05) is 51.2 Å². The Bertz CT molecular complexity index is 1310. The van der Waals surface area contributed by atoms with E-state index in [1.54, 1.807) is 31.3 Å². The summed E-state index contributed by atoms with van der Waals surface area (Å²) >= 11 is 2.15. The molecular weight excluding hydrogens is 585 g/mol. The first-order valence-corrected chi connectivity index (χ1v) is 12.7. The summed E-state index contributed by atoms with van der Waals surface area (Å²) in [7, 11) is 3.21. The van der Waals surface area contributed by atoms with Gasteiger partial charge in [0.1, 0.15) is 11.6 Å². The second-order valence-corrected chi connectivity index (χ2v) is 9.33. The Hall–Kier alpha value is -3.87. The Labute approximate surface area is 229 Å². The highest BCUT2D eigenvalue weighted by Crippen LogP contribution is 2.32. The molecule has 1 aliphatic heterocycles. The maximum Gasteiger partial charge on any atom is 0.253 e. The maximum atomic E-state index is 12.3. The molecule has 0 saturated carbocycles. The van der Waals surface area contributed by atoms with Crippen LogP contribution in [0.1, 0.15) is 10.4 Å². The first kappa shape index (κ1) is 26.2. The fourth-order valence-electron chi connectivity index (χ4n) is 3.98. The van der Waals surface area contributed by atoms with Crippen molar-refractivity contribution in [2.24, 2.45) is 0 Å². The van der Waals surface area contributed by atoms with Gasteiger partial charge in [0.05, 0.1) is 27.6 Å². The zero-order valence-electron chi connectivity index (χ0n) is 20.6. The van der Waals surface area contributed by atoms with Crippen LogP contribution in [-0.2, 0) is 4.79 Å². The van der Waals surface area contributed by atoms with Crippen LogP contribution in [0, 0.1) is 3.57 Å². The number of benzene rings is 2. The van der Waals surface area contributed by atoms with Crippen LogP contribution in [0.15, 0.2) is 61.3 Å². The number of hydrogen-bond donors (Lipinski definition) is 3. The number of carbonyl (C=O) groups is 2. The zero-order chi connectivity index (χ0) is 26.4. The smallest absolute Gasteiger partial charge is 0.253 e. The quantitative estimate of drug-likeness (QED) is 0.260. The van der Waals surface area contributed by atoms with Crippen molar-refractivity contribution in [3.63, 3.8) is 0 Å². The number of ether oxygens (including phenoxy) is 1. The van der Waals surface area contributed by atoms with E-state index in [0.717, 1.165) is 22.3 Å². The van der Waals surface area contributed by atoms with Crippen LogP contribution < -0.4 is 25.6 Å². The maximum absolute atomic E-state index is 12.3. The molecule has 10 nitrogen and oxygen atoms in total. The normalized spacial score (nSPS) is 13.1. The van der Waals surface area contributed by atoms with Gasteiger partial charge in [0.2, 0.25) is 11.9 Å². The molecule has 0 unspecified atom stereocenters. The molecule has 11 heteroatoms. The van der Waals surface area contributed by atoms with Crippen LogP contribution in [-0.4, -0.2) is 67.0 Å². The van der Waals surface area contributed by atoms with Crippen LogP contribution in [0.3, 0.4) is 0 Å². The number of hydrogen-bond acceptors (Lipinski definition) is 8. The van der Waals surface area contributed by atoms with Crippen LogP contribution in [0.25, 0.3) is 0 Å². The molecule has 0 radical (unpaired) electrons. The molecule has 3 N–H and O–H groups in total. The van der Waals surface area contributed by atoms with Crippen molar-refractivity contribution in [1.29, 1.82) is 0 Å². The first-order chi connectivity index (χ1) is 17.9. The van der Waals surface area contributed by atoms with Crippen LogP contribution in [0.2, 0.25) is 0 Å². The van der Waals surface area contributed by atoms with Crippen molar-refractivity contribution < 1.29 is 14.3 Å². The minimum Gasteiger partial charge on any atom is -0.494 e. The van der Waals surface area contributed by atoms with E-state index in [0.29, 0.717) is 47.5 Å². The van der Waals surface area contributed by atoms with Crippen molar-refractivity contribution >= 4 is 63.2 Å². The van der Waals surface area contributed by atoms with Gasteiger partial charge in [-0.1, -0.05) is 18.7 Å². The summed E-state index contributed by atoms with van der Waals surface area (Å²) in [5, 5.41) is 9.13. The molecule has 0 spiro atoms. The van der Waals surface area contributed by atoms with E-state index in [1.165, 1.54) is 6.08 Å². The molecule has 2 heterocycles. The topological polar surface area (TPSA) is 112 Å². The van der Waals surface area contributed by atoms with Crippen LogP contribution in [0.5, 0.6) is 5.75 Å². The minimum absolute atomic E-state index is 0.0414. The number of nitrogens with one attached hydrogen (secondary N) is 3. The summed E-state index contributed by atoms with van der Waals surface area (Å²) in [6.45, 7) is 6.30. The molecule has 4 rings (SSSR count). The van der Waals surface area contributed by atoms with E-state index in [2.05, 4.69) is 60.0 Å². The van der Waals surface area contributed by atoms with Gasteiger partial charge in [-0.3, -0.25) is 9.59 Å². The highest BCUT2D eigenvalue weighted by molar-refractivity contribution is 14.1. The lowest BCUT2D eigenvalue weighted by atomic mass is 10.1. The van der Waals surface area contributed by atoms with Gasteiger partial charge in [-0.25, -0.2) is 4.98 Å². The largest absolute Gasteiger partial charge is 0.494 e. The Morgan fingerprint density at radius 2 is 1.84 bits per heavy atom. The fraction of sp³-hybridized carbons (Fsp3) is 0.231. The molecule has 192 valence electrons. The predicted octanol–water partition coefficient (Wildman–Crippen LogP) is 3.77. The highest BCUT2D eigenvalue weighted by atomic mass is 127. The molecule has 1 fully saturated rings. The molecule has 0 aliphatic carbocycles. The summed E-state index contributed by atoms with van der Waals surface area (Å²) < 4.78 is 6.44. The number of carbonyl (C=O) groups excluding carboxylic acids is 2. The summed E-state index contributed by atoms with van der Waals surface area (Å²) in [5.74, 6) is 1.35. The van der Waals surface area contributed by atoms with E-state index < -0.39 is 0 Å². The van der Waals surface area contributed by atoms with Crippen molar-refractivity contribution in [2.45, 2.75) is 0 Å². The number of methoxy groups -OCH3 is 1. The number of nitrogens with zero attached hydrogens (tertiary/aromatic N) is 4. The molecule has 0 bridgehead atoms. The number of aromatic nitrogens is 2. The summed E-state index contributed by atoms with van der Waals surface area (Å²) in [4.78, 5) is 37.2. The second-order valence-electron chi connectivity index (χ2n) is 8.17. The van der Waals surface area contributed by atoms with Gasteiger partial charge in [0.25, 0.3) is 5.91 Å². The summed E-state index contributed by atoms with van der Waals surface area (Å²) in [6, 6.07) is 13.1. The monoisotopic (exact) mass is 613 g/mol. The Balaban J connectivity index is 1.51. The van der Waals surface area contributed by atoms with Gasteiger partial charge in [0.15, 0.2) is 0 Å². The van der Waals surface area contributed by atoms with Crippen molar-refractivity contribution in [3.8, 4) is 5.75 Å². The Morgan fingerprint density at radius 3 is 2.54 bits per heavy atom. The Morgan fingerprint density at radius 1 is 1.08 bits per heavy atom. The van der Waals surface area contributed by atoms with E-state index in [4.69, 9.17) is 4.74 Å². The van der Waals surface area contributed by atoms with E-state index >= 15 is 0 Å². The molecule has 2 amide bonds. The van der Waals surface area contributed by atoms with Crippen molar-refractivity contribution in [1.82, 2.24) is 20.2 Å². The number of halogens is 1. The summed E-state index contributed by atoms with van der Waals surface area (Å²) in [5.41, 5.74) is 2.87. The van der Waals surface area contributed by atoms with Gasteiger partial charge >= 0.3 is 0 Å². The molecule has 0 atom stereocenters. The average Bonchev–Trinajstić information content (AvgIpc) is 2.94. The molecule has 37 heavy (non-hydrogen) atoms. The molecule has 2 aromatic carbocycles. The van der Waals surface area contributed by atoms with E-state index in [9.17, 15) is 9.59 Å². The lowest BCUT2D eigenvalue weighted by Gasteiger charge is -2.35. The van der Waals surface area contributed by atoms with E-state index in [1.807, 2.05) is 36.4 Å². The third-order valence-electron chi connectivity index (χ3n) is 5.96. The first-order valence-electron chi connectivity index (χ1n) is 11.7. The van der Waals surface area contributed by atoms with Crippen LogP contribution >= 0.6 is 22.6 Å². The third kappa shape index (κ3) is 6.10. The molecule has 1 saturated heterocycles. The SMILES string of the molecule is C=CC(=O)N1CCN(c2ccc(Nc3ncc(I)c(Nc4ccccc4C(=O)NC)n3)c(OC)c2)CC1. The number of piperazine rings is 1. The van der Waals surface area contributed by atoms with Gasteiger partial charge < -0.3 is 30.5 Å². The fourth-order valence-corrected chi connectivity index (χ4v) is 4.38. The number of amides is 2. The van der Waals surface area contributed by atoms with Crippen molar-refractivity contribution in [2.75, 3.05) is 55.9 Å². The van der Waals surface area contributed by atoms with Crippen molar-refractivity contribution in [3.05, 3.63) is 70.5 Å². The standard InChI is InChI=1S/C26H28IN7O3/c1-4-23(35)34-13-11-33(12-14-34)17-9-10-21(22(15-17)37-3)31-26-29-16-19(27)24(32-26)30-20-8-6-5-7-18(20)25(36)28-2/h4-10,15-16H,1,11-14H2,2-3H3,(H,28,36)(H2,29,30,31,32). The van der Waals surface area contributed by atoms with Gasteiger partial charge in [-0.2, -0.15) is 4.98 Å². The molecular formula is C26H28IN7O3. The van der Waals surface area contributed by atoms with Gasteiger partial charge in [-0.05, 0) is 52.9 Å². The van der Waals surface area contributed by atoms with Crippen LogP contribution in [0.4, 0.5) is 28.8 Å². The minimum atomic E-state index is -0.191. The second kappa shape index (κ2) is 11.9. The highest BCUT2D eigenvalue weighted by Gasteiger charge is 2.21. The lowest BCUT2D eigenvalue weighted by Crippen LogP contribution is -2.48. The zero-order valence-corrected chi connectivity index (χ0v) is 22.8. The molecule has 1 aromatic heterocycles. The average molecular weight is 613 g/mol. The number of rotatable bonds is 8. The number of anilines is 5. The summed E-state index contributed by atoms with van der Waals surface area (Å²) in [6.07, 6.45) is 3.05. The van der Waals surface area contributed by atoms with Gasteiger partial charge in [-0.15, -0.1) is 0 Å². The van der Waals surface area contributed by atoms with E-state index in [-0.39, 0.29) is 11.8 Å². The molecule has 1 aliphatic rings. The Kier molecular flexibility index (Phi) is 8.43. The number of para-hydroxylation sites is 1. The molecule has 3 aromatic rings. The predicted molar refractivity (Wildman–Crippen MR) is 153 cm³/mol.